The molecule has 0 spiro atoms. The maximum atomic E-state index is 11.6. The average molecular weight is 246 g/mol. The Balaban J connectivity index is 2.50. The number of ether oxygens (including phenoxy) is 1. The van der Waals surface area contributed by atoms with Crippen molar-refractivity contribution in [3.8, 4) is 11.4 Å². The molecule has 0 radical (unpaired) electrons. The zero-order valence-corrected chi connectivity index (χ0v) is 10.5. The highest BCUT2D eigenvalue weighted by Gasteiger charge is 2.17. The van der Waals surface area contributed by atoms with Crippen LogP contribution in [0.5, 0.6) is 0 Å². The average Bonchev–Trinajstić information content (AvgIpc) is 2.91. The maximum Gasteiger partial charge on any atom is 0.343 e. The van der Waals surface area contributed by atoms with E-state index in [4.69, 9.17) is 4.74 Å². The number of carbonyl (C=O) groups is 1. The zero-order chi connectivity index (χ0) is 13.1. The highest BCUT2D eigenvalue weighted by Crippen LogP contribution is 2.21. The van der Waals surface area contributed by atoms with E-state index < -0.39 is 5.97 Å². The predicted molar refractivity (Wildman–Crippen MR) is 67.5 cm³/mol. The van der Waals surface area contributed by atoms with Gasteiger partial charge in [-0.3, -0.25) is 0 Å². The summed E-state index contributed by atoms with van der Waals surface area (Å²) >= 11 is 0. The molecule has 0 saturated carbocycles. The number of carbonyl (C=O) groups excluding carboxylic acids is 1. The number of nitrogens with zero attached hydrogens (tertiary/aromatic N) is 3. The van der Waals surface area contributed by atoms with Gasteiger partial charge in [-0.25, -0.2) is 14.8 Å². The van der Waals surface area contributed by atoms with E-state index in [9.17, 15) is 4.79 Å². The summed E-state index contributed by atoms with van der Waals surface area (Å²) < 4.78 is 4.71. The van der Waals surface area contributed by atoms with E-state index in [1.54, 1.807) is 17.3 Å². The molecule has 18 heavy (non-hydrogen) atoms. The zero-order valence-electron chi connectivity index (χ0n) is 10.5. The van der Waals surface area contributed by atoms with Gasteiger partial charge in [0.2, 0.25) is 0 Å². The smallest absolute Gasteiger partial charge is 0.343 e. The van der Waals surface area contributed by atoms with Crippen LogP contribution in [0.2, 0.25) is 0 Å². The van der Waals surface area contributed by atoms with Crippen LogP contribution in [-0.2, 0) is 4.74 Å². The number of aromatic nitrogens is 3. The van der Waals surface area contributed by atoms with Gasteiger partial charge < -0.3 is 14.6 Å². The molecule has 0 unspecified atom stereocenters. The van der Waals surface area contributed by atoms with E-state index in [0.717, 1.165) is 5.56 Å². The first kappa shape index (κ1) is 12.1. The highest BCUT2D eigenvalue weighted by molar-refractivity contribution is 5.94. The molecule has 2 aromatic rings. The van der Waals surface area contributed by atoms with Crippen molar-refractivity contribution in [1.82, 2.24) is 15.0 Å². The minimum absolute atomic E-state index is 0.349. The Morgan fingerprint density at radius 2 is 2.22 bits per heavy atom. The SMILES string of the molecule is COC(=O)c1cnc(-c2cc[nH]c2)nc1N(C)C. The van der Waals surface area contributed by atoms with Gasteiger partial charge in [0, 0.05) is 38.2 Å². The quantitative estimate of drug-likeness (QED) is 0.827. The number of methoxy groups -OCH3 is 1. The largest absolute Gasteiger partial charge is 0.465 e. The second-order valence-electron chi connectivity index (χ2n) is 3.92. The number of rotatable bonds is 3. The third-order valence-electron chi connectivity index (χ3n) is 2.45. The monoisotopic (exact) mass is 246 g/mol. The van der Waals surface area contributed by atoms with Gasteiger partial charge in [0.1, 0.15) is 11.4 Å². The van der Waals surface area contributed by atoms with Crippen LogP contribution in [0.1, 0.15) is 10.4 Å². The fourth-order valence-corrected chi connectivity index (χ4v) is 1.57. The molecule has 0 fully saturated rings. The highest BCUT2D eigenvalue weighted by atomic mass is 16.5. The lowest BCUT2D eigenvalue weighted by Crippen LogP contribution is -2.17. The summed E-state index contributed by atoms with van der Waals surface area (Å²) in [5, 5.41) is 0. The Hall–Kier alpha value is -2.37. The summed E-state index contributed by atoms with van der Waals surface area (Å²) in [5.74, 6) is 0.653. The van der Waals surface area contributed by atoms with Crippen LogP contribution in [0.3, 0.4) is 0 Å². The van der Waals surface area contributed by atoms with Gasteiger partial charge in [-0.05, 0) is 6.07 Å². The van der Waals surface area contributed by atoms with Crippen molar-refractivity contribution in [2.45, 2.75) is 0 Å². The molecule has 0 saturated heterocycles. The molecule has 2 rings (SSSR count). The fraction of sp³-hybridized carbons (Fsp3) is 0.250. The Morgan fingerprint density at radius 3 is 2.78 bits per heavy atom. The molecule has 0 atom stereocenters. The van der Waals surface area contributed by atoms with Gasteiger partial charge >= 0.3 is 5.97 Å². The summed E-state index contributed by atoms with van der Waals surface area (Å²) in [6.07, 6.45) is 5.07. The number of anilines is 1. The van der Waals surface area contributed by atoms with Crippen LogP contribution in [0, 0.1) is 0 Å². The third-order valence-corrected chi connectivity index (χ3v) is 2.45. The van der Waals surface area contributed by atoms with Crippen LogP contribution in [0.25, 0.3) is 11.4 Å². The van der Waals surface area contributed by atoms with E-state index in [0.29, 0.717) is 17.2 Å². The van der Waals surface area contributed by atoms with Crippen molar-refractivity contribution in [1.29, 1.82) is 0 Å². The number of nitrogens with one attached hydrogen (secondary N) is 1. The molecule has 0 aromatic carbocycles. The molecule has 0 amide bonds. The number of aromatic amines is 1. The molecule has 0 aliphatic carbocycles. The molecule has 94 valence electrons. The Kier molecular flexibility index (Phi) is 3.27. The Morgan fingerprint density at radius 1 is 1.44 bits per heavy atom. The number of hydrogen-bond acceptors (Lipinski definition) is 5. The van der Waals surface area contributed by atoms with Gasteiger partial charge in [0.05, 0.1) is 7.11 Å². The van der Waals surface area contributed by atoms with Gasteiger partial charge in [-0.1, -0.05) is 0 Å². The van der Waals surface area contributed by atoms with Gasteiger partial charge in [0.15, 0.2) is 5.82 Å². The first-order valence-electron chi connectivity index (χ1n) is 5.39. The maximum absolute atomic E-state index is 11.6. The molecule has 0 aliphatic heterocycles. The summed E-state index contributed by atoms with van der Waals surface area (Å²) in [6.45, 7) is 0. The summed E-state index contributed by atoms with van der Waals surface area (Å²) in [4.78, 5) is 24.8. The molecular weight excluding hydrogens is 232 g/mol. The predicted octanol–water partition coefficient (Wildman–Crippen LogP) is 1.32. The minimum Gasteiger partial charge on any atom is -0.465 e. The second-order valence-corrected chi connectivity index (χ2v) is 3.92. The van der Waals surface area contributed by atoms with Crippen molar-refractivity contribution in [2.24, 2.45) is 0 Å². The van der Waals surface area contributed by atoms with Gasteiger partial charge in [-0.15, -0.1) is 0 Å². The number of esters is 1. The van der Waals surface area contributed by atoms with Crippen molar-refractivity contribution in [3.05, 3.63) is 30.2 Å². The normalized spacial score (nSPS) is 10.2. The summed E-state index contributed by atoms with van der Waals surface area (Å²) in [5.41, 5.74) is 1.22. The molecule has 6 nitrogen and oxygen atoms in total. The van der Waals surface area contributed by atoms with E-state index in [-0.39, 0.29) is 0 Å². The molecule has 1 N–H and O–H groups in total. The lowest BCUT2D eigenvalue weighted by atomic mass is 10.2. The van der Waals surface area contributed by atoms with Crippen molar-refractivity contribution < 1.29 is 9.53 Å². The first-order chi connectivity index (χ1) is 8.63. The van der Waals surface area contributed by atoms with Crippen molar-refractivity contribution in [2.75, 3.05) is 26.1 Å². The summed E-state index contributed by atoms with van der Waals surface area (Å²) in [7, 11) is 4.97. The first-order valence-corrected chi connectivity index (χ1v) is 5.39. The van der Waals surface area contributed by atoms with Crippen LogP contribution in [0.4, 0.5) is 5.82 Å². The number of hydrogen-bond donors (Lipinski definition) is 1. The minimum atomic E-state index is -0.445. The number of H-pyrrole nitrogens is 1. The van der Waals surface area contributed by atoms with Crippen molar-refractivity contribution in [3.63, 3.8) is 0 Å². The van der Waals surface area contributed by atoms with E-state index in [1.165, 1.54) is 13.3 Å². The summed E-state index contributed by atoms with van der Waals surface area (Å²) in [6, 6.07) is 1.87. The van der Waals surface area contributed by atoms with Crippen molar-refractivity contribution >= 4 is 11.8 Å². The molecular formula is C12H14N4O2. The van der Waals surface area contributed by atoms with Gasteiger partial charge in [-0.2, -0.15) is 0 Å². The topological polar surface area (TPSA) is 71.1 Å². The lowest BCUT2D eigenvalue weighted by molar-refractivity contribution is 0.0600. The Labute approximate surface area is 105 Å². The van der Waals surface area contributed by atoms with E-state index in [2.05, 4.69) is 15.0 Å². The van der Waals surface area contributed by atoms with Crippen LogP contribution < -0.4 is 4.90 Å². The molecule has 6 heteroatoms. The fourth-order valence-electron chi connectivity index (χ4n) is 1.57. The standard InChI is InChI=1S/C12H14N4O2/c1-16(2)11-9(12(17)18-3)7-14-10(15-11)8-4-5-13-6-8/h4-7,13H,1-3H3. The lowest BCUT2D eigenvalue weighted by Gasteiger charge is -2.15. The van der Waals surface area contributed by atoms with E-state index >= 15 is 0 Å². The van der Waals surface area contributed by atoms with Gasteiger partial charge in [0.25, 0.3) is 0 Å². The molecule has 2 heterocycles. The van der Waals surface area contributed by atoms with Crippen LogP contribution in [-0.4, -0.2) is 42.1 Å². The van der Waals surface area contributed by atoms with E-state index in [1.807, 2.05) is 20.2 Å². The molecule has 0 aliphatic rings. The second kappa shape index (κ2) is 4.87. The van der Waals surface area contributed by atoms with Crippen LogP contribution >= 0.6 is 0 Å². The Bertz CT molecular complexity index is 549. The third kappa shape index (κ3) is 2.17. The van der Waals surface area contributed by atoms with Crippen LogP contribution in [0.15, 0.2) is 24.7 Å². The molecule has 0 bridgehead atoms. The molecule has 2 aromatic heterocycles.